The number of carbonyl (C=O) groups is 1. The summed E-state index contributed by atoms with van der Waals surface area (Å²) in [6, 6.07) is 2.06. The Morgan fingerprint density at radius 1 is 1.39 bits per heavy atom. The predicted octanol–water partition coefficient (Wildman–Crippen LogP) is 0.0871. The molecule has 1 amide bonds. The van der Waals surface area contributed by atoms with E-state index in [9.17, 15) is 9.59 Å². The number of amides is 1. The fourth-order valence-corrected chi connectivity index (χ4v) is 2.84. The molecule has 128 valence electrons. The number of rotatable bonds is 6. The highest BCUT2D eigenvalue weighted by molar-refractivity contribution is 5.76. The van der Waals surface area contributed by atoms with E-state index < -0.39 is 0 Å². The minimum Gasteiger partial charge on any atom is -0.379 e. The van der Waals surface area contributed by atoms with E-state index in [1.165, 1.54) is 0 Å². The van der Waals surface area contributed by atoms with Gasteiger partial charge in [0, 0.05) is 50.0 Å². The lowest BCUT2D eigenvalue weighted by Gasteiger charge is -2.31. The fourth-order valence-electron chi connectivity index (χ4n) is 2.84. The van der Waals surface area contributed by atoms with E-state index in [2.05, 4.69) is 22.1 Å². The Bertz CT molecular complexity index is 593. The first-order valence-electron chi connectivity index (χ1n) is 8.11. The van der Waals surface area contributed by atoms with E-state index in [1.807, 2.05) is 13.0 Å². The highest BCUT2D eigenvalue weighted by atomic mass is 16.5. The molecule has 1 atom stereocenters. The summed E-state index contributed by atoms with van der Waals surface area (Å²) in [5, 5.41) is 2.89. The van der Waals surface area contributed by atoms with Crippen LogP contribution in [-0.4, -0.2) is 59.2 Å². The van der Waals surface area contributed by atoms with Crippen LogP contribution in [0.3, 0.4) is 0 Å². The van der Waals surface area contributed by atoms with Gasteiger partial charge in [0.2, 0.25) is 5.91 Å². The summed E-state index contributed by atoms with van der Waals surface area (Å²) in [5.74, 6) is 0.00904. The van der Waals surface area contributed by atoms with Crippen LogP contribution in [0.5, 0.6) is 0 Å². The van der Waals surface area contributed by atoms with Gasteiger partial charge >= 0.3 is 5.69 Å². The van der Waals surface area contributed by atoms with Gasteiger partial charge in [0.05, 0.1) is 13.2 Å². The Balaban J connectivity index is 1.77. The standard InChI is InChI=1S/C16H26N4O3/c1-12-10-14(3)20(16(22)18-12)5-4-17-15(21)11-13(2)19-6-8-23-9-7-19/h10,13H,4-9,11H2,1-3H3,(H,17,21). The molecule has 1 aromatic heterocycles. The maximum Gasteiger partial charge on any atom is 0.348 e. The summed E-state index contributed by atoms with van der Waals surface area (Å²) in [7, 11) is 0. The molecule has 1 aliphatic rings. The number of ether oxygens (including phenoxy) is 1. The van der Waals surface area contributed by atoms with E-state index >= 15 is 0 Å². The minimum atomic E-state index is -0.265. The van der Waals surface area contributed by atoms with Crippen molar-refractivity contribution in [2.24, 2.45) is 0 Å². The van der Waals surface area contributed by atoms with E-state index in [-0.39, 0.29) is 17.6 Å². The molecule has 1 aromatic rings. The average Bonchev–Trinajstić information content (AvgIpc) is 2.50. The first-order chi connectivity index (χ1) is 11.0. The van der Waals surface area contributed by atoms with Crippen LogP contribution < -0.4 is 11.0 Å². The van der Waals surface area contributed by atoms with Crippen LogP contribution in [0.15, 0.2) is 10.9 Å². The maximum absolute atomic E-state index is 12.0. The summed E-state index contributed by atoms with van der Waals surface area (Å²) in [6.45, 7) is 9.81. The zero-order valence-electron chi connectivity index (χ0n) is 14.2. The Morgan fingerprint density at radius 3 is 2.74 bits per heavy atom. The van der Waals surface area contributed by atoms with Gasteiger partial charge in [0.25, 0.3) is 0 Å². The lowest BCUT2D eigenvalue weighted by molar-refractivity contribution is -0.122. The van der Waals surface area contributed by atoms with E-state index in [1.54, 1.807) is 11.5 Å². The van der Waals surface area contributed by atoms with Crippen molar-refractivity contribution in [1.82, 2.24) is 19.8 Å². The van der Waals surface area contributed by atoms with Crippen LogP contribution in [0.25, 0.3) is 0 Å². The highest BCUT2D eigenvalue weighted by Crippen LogP contribution is 2.06. The van der Waals surface area contributed by atoms with Gasteiger partial charge in [-0.2, -0.15) is 4.98 Å². The zero-order valence-corrected chi connectivity index (χ0v) is 14.2. The van der Waals surface area contributed by atoms with Gasteiger partial charge in [-0.25, -0.2) is 4.79 Å². The van der Waals surface area contributed by atoms with Crippen LogP contribution in [-0.2, 0) is 16.1 Å². The molecule has 0 spiro atoms. The summed E-state index contributed by atoms with van der Waals surface area (Å²) < 4.78 is 6.90. The molecule has 1 saturated heterocycles. The van der Waals surface area contributed by atoms with E-state index in [4.69, 9.17) is 4.74 Å². The number of aromatic nitrogens is 2. The molecule has 0 saturated carbocycles. The molecule has 1 unspecified atom stereocenters. The molecule has 1 aliphatic heterocycles. The molecule has 0 radical (unpaired) electrons. The number of carbonyl (C=O) groups excluding carboxylic acids is 1. The predicted molar refractivity (Wildman–Crippen MR) is 87.5 cm³/mol. The van der Waals surface area contributed by atoms with Crippen molar-refractivity contribution >= 4 is 5.91 Å². The van der Waals surface area contributed by atoms with Crippen LogP contribution >= 0.6 is 0 Å². The van der Waals surface area contributed by atoms with Gasteiger partial charge in [-0.3, -0.25) is 14.3 Å². The van der Waals surface area contributed by atoms with Crippen LogP contribution in [0.1, 0.15) is 24.7 Å². The van der Waals surface area contributed by atoms with Crippen molar-refractivity contribution in [3.8, 4) is 0 Å². The molecule has 1 fully saturated rings. The van der Waals surface area contributed by atoms with E-state index in [0.29, 0.717) is 25.2 Å². The molecule has 1 N–H and O–H groups in total. The molecule has 2 heterocycles. The Hall–Kier alpha value is -1.73. The van der Waals surface area contributed by atoms with Crippen molar-refractivity contribution in [2.45, 2.75) is 39.8 Å². The number of hydrogen-bond acceptors (Lipinski definition) is 5. The monoisotopic (exact) mass is 322 g/mol. The van der Waals surface area contributed by atoms with Gasteiger partial charge in [0.15, 0.2) is 0 Å². The van der Waals surface area contributed by atoms with Crippen molar-refractivity contribution in [3.63, 3.8) is 0 Å². The summed E-state index contributed by atoms with van der Waals surface area (Å²) in [5.41, 5.74) is 1.31. The number of nitrogens with one attached hydrogen (secondary N) is 1. The SMILES string of the molecule is Cc1cc(C)n(CCNC(=O)CC(C)N2CCOCC2)c(=O)n1. The topological polar surface area (TPSA) is 76.5 Å². The normalized spacial score (nSPS) is 17.0. The highest BCUT2D eigenvalue weighted by Gasteiger charge is 2.19. The molecule has 7 heteroatoms. The third-order valence-corrected chi connectivity index (χ3v) is 4.15. The van der Waals surface area contributed by atoms with Gasteiger partial charge in [0.1, 0.15) is 0 Å². The molecular formula is C16H26N4O3. The quantitative estimate of drug-likeness (QED) is 0.803. The van der Waals surface area contributed by atoms with Crippen LogP contribution in [0.2, 0.25) is 0 Å². The number of hydrogen-bond donors (Lipinski definition) is 1. The average molecular weight is 322 g/mol. The van der Waals surface area contributed by atoms with Gasteiger partial charge in [-0.05, 0) is 26.8 Å². The molecule has 0 aliphatic carbocycles. The number of morpholine rings is 1. The van der Waals surface area contributed by atoms with Crippen molar-refractivity contribution in [3.05, 3.63) is 27.9 Å². The lowest BCUT2D eigenvalue weighted by atomic mass is 10.2. The minimum absolute atomic E-state index is 0.00904. The van der Waals surface area contributed by atoms with Crippen LogP contribution in [0.4, 0.5) is 0 Å². The fraction of sp³-hybridized carbons (Fsp3) is 0.688. The molecule has 7 nitrogen and oxygen atoms in total. The number of aryl methyl sites for hydroxylation is 2. The third-order valence-electron chi connectivity index (χ3n) is 4.15. The second-order valence-electron chi connectivity index (χ2n) is 6.02. The molecular weight excluding hydrogens is 296 g/mol. The van der Waals surface area contributed by atoms with Crippen LogP contribution in [0, 0.1) is 13.8 Å². The third kappa shape index (κ3) is 5.14. The molecule has 0 bridgehead atoms. The Kier molecular flexibility index (Phi) is 6.29. The second kappa shape index (κ2) is 8.21. The first-order valence-corrected chi connectivity index (χ1v) is 8.11. The first kappa shape index (κ1) is 17.6. The second-order valence-corrected chi connectivity index (χ2v) is 6.02. The summed E-state index contributed by atoms with van der Waals surface area (Å²) in [6.07, 6.45) is 0.458. The van der Waals surface area contributed by atoms with Crippen molar-refractivity contribution in [2.75, 3.05) is 32.8 Å². The lowest BCUT2D eigenvalue weighted by Crippen LogP contribution is -2.44. The van der Waals surface area contributed by atoms with Crippen molar-refractivity contribution in [1.29, 1.82) is 0 Å². The van der Waals surface area contributed by atoms with E-state index in [0.717, 1.165) is 32.0 Å². The summed E-state index contributed by atoms with van der Waals surface area (Å²) in [4.78, 5) is 30.1. The zero-order chi connectivity index (χ0) is 16.8. The largest absolute Gasteiger partial charge is 0.379 e. The van der Waals surface area contributed by atoms with Crippen molar-refractivity contribution < 1.29 is 9.53 Å². The van der Waals surface area contributed by atoms with Gasteiger partial charge < -0.3 is 10.1 Å². The molecule has 2 rings (SSSR count). The Morgan fingerprint density at radius 2 is 2.09 bits per heavy atom. The number of nitrogens with zero attached hydrogens (tertiary/aromatic N) is 3. The summed E-state index contributed by atoms with van der Waals surface area (Å²) >= 11 is 0. The van der Waals surface area contributed by atoms with Gasteiger partial charge in [-0.15, -0.1) is 0 Å². The Labute approximate surface area is 136 Å². The molecule has 0 aromatic carbocycles. The maximum atomic E-state index is 12.0. The van der Waals surface area contributed by atoms with Gasteiger partial charge in [-0.1, -0.05) is 0 Å². The molecule has 23 heavy (non-hydrogen) atoms. The smallest absolute Gasteiger partial charge is 0.348 e.